The molecule has 4 aliphatic rings. The van der Waals surface area contributed by atoms with Crippen LogP contribution in [-0.2, 0) is 22.7 Å². The summed E-state index contributed by atoms with van der Waals surface area (Å²) in [6, 6.07) is 6.12. The molecule has 31 heavy (non-hydrogen) atoms. The standard InChI is InChI=1S/C24H32N4O3/c1-24(2)14-25-21(24)15-8-10-27(11-9-15)12-16-4-3-5-17-13-28(23(31)20(16)17)18-6-7-19(29)26-22(18)30/h3-5,15,18,21,25H,6-14H2,1-2H3,(H,26,29,30). The first kappa shape index (κ1) is 20.6. The Labute approximate surface area is 183 Å². The lowest BCUT2D eigenvalue weighted by Crippen LogP contribution is -2.63. The maximum Gasteiger partial charge on any atom is 0.255 e. The van der Waals surface area contributed by atoms with Crippen molar-refractivity contribution in [2.24, 2.45) is 11.3 Å². The van der Waals surface area contributed by atoms with Crippen LogP contribution in [0.2, 0.25) is 0 Å². The zero-order valence-electron chi connectivity index (χ0n) is 18.4. The highest BCUT2D eigenvalue weighted by molar-refractivity contribution is 6.05. The summed E-state index contributed by atoms with van der Waals surface area (Å²) in [7, 11) is 0. The second-order valence-electron chi connectivity index (χ2n) is 10.3. The van der Waals surface area contributed by atoms with Gasteiger partial charge >= 0.3 is 0 Å². The summed E-state index contributed by atoms with van der Waals surface area (Å²) in [5.41, 5.74) is 3.20. The zero-order chi connectivity index (χ0) is 21.8. The highest BCUT2D eigenvalue weighted by Crippen LogP contribution is 2.38. The van der Waals surface area contributed by atoms with E-state index in [0.29, 0.717) is 24.4 Å². The number of imide groups is 1. The molecule has 4 heterocycles. The molecule has 166 valence electrons. The number of piperidine rings is 2. The van der Waals surface area contributed by atoms with Gasteiger partial charge in [-0.2, -0.15) is 0 Å². The number of carbonyl (C=O) groups is 3. The molecule has 2 atom stereocenters. The third-order valence-electron chi connectivity index (χ3n) is 7.76. The minimum absolute atomic E-state index is 0.0737. The third-order valence-corrected chi connectivity index (χ3v) is 7.76. The molecule has 7 heteroatoms. The summed E-state index contributed by atoms with van der Waals surface area (Å²) < 4.78 is 0. The van der Waals surface area contributed by atoms with Gasteiger partial charge in [0.25, 0.3) is 5.91 Å². The van der Waals surface area contributed by atoms with E-state index in [1.54, 1.807) is 4.90 Å². The summed E-state index contributed by atoms with van der Waals surface area (Å²) >= 11 is 0. The predicted molar refractivity (Wildman–Crippen MR) is 116 cm³/mol. The van der Waals surface area contributed by atoms with E-state index in [9.17, 15) is 14.4 Å². The van der Waals surface area contributed by atoms with Gasteiger partial charge in [0.15, 0.2) is 0 Å². The van der Waals surface area contributed by atoms with Crippen LogP contribution in [0.15, 0.2) is 18.2 Å². The quantitative estimate of drug-likeness (QED) is 0.719. The molecule has 5 rings (SSSR count). The number of benzene rings is 1. The van der Waals surface area contributed by atoms with Gasteiger partial charge in [0.1, 0.15) is 6.04 Å². The van der Waals surface area contributed by atoms with Crippen molar-refractivity contribution in [3.05, 3.63) is 34.9 Å². The number of fused-ring (bicyclic) bond motifs is 1. The van der Waals surface area contributed by atoms with Crippen molar-refractivity contribution in [3.63, 3.8) is 0 Å². The van der Waals surface area contributed by atoms with E-state index in [0.717, 1.165) is 48.8 Å². The lowest BCUT2D eigenvalue weighted by atomic mass is 9.68. The number of hydrogen-bond acceptors (Lipinski definition) is 5. The second-order valence-corrected chi connectivity index (χ2v) is 10.3. The van der Waals surface area contributed by atoms with Crippen molar-refractivity contribution < 1.29 is 14.4 Å². The van der Waals surface area contributed by atoms with Gasteiger partial charge in [0.2, 0.25) is 11.8 Å². The SMILES string of the molecule is CC1(C)CNC1C1CCN(Cc2cccc3c2C(=O)N(C2CCC(=O)NC2=O)C3)CC1. The van der Waals surface area contributed by atoms with Crippen LogP contribution in [0.4, 0.5) is 0 Å². The number of rotatable bonds is 4. The fourth-order valence-corrected chi connectivity index (χ4v) is 5.94. The lowest BCUT2D eigenvalue weighted by molar-refractivity contribution is -0.136. The summed E-state index contributed by atoms with van der Waals surface area (Å²) in [4.78, 5) is 41.2. The van der Waals surface area contributed by atoms with Crippen molar-refractivity contribution in [1.82, 2.24) is 20.4 Å². The summed E-state index contributed by atoms with van der Waals surface area (Å²) in [6.45, 7) is 9.13. The minimum Gasteiger partial charge on any atom is -0.322 e. The molecule has 0 spiro atoms. The average Bonchev–Trinajstić information content (AvgIpc) is 3.06. The molecule has 0 saturated carbocycles. The molecule has 2 unspecified atom stereocenters. The van der Waals surface area contributed by atoms with Crippen molar-refractivity contribution in [3.8, 4) is 0 Å². The number of nitrogens with zero attached hydrogens (tertiary/aromatic N) is 2. The molecule has 4 aliphatic heterocycles. The molecule has 0 aromatic heterocycles. The first-order chi connectivity index (χ1) is 14.8. The normalized spacial score (nSPS) is 29.0. The lowest BCUT2D eigenvalue weighted by Gasteiger charge is -2.51. The highest BCUT2D eigenvalue weighted by Gasteiger charge is 2.44. The van der Waals surface area contributed by atoms with Gasteiger partial charge in [0, 0.05) is 37.7 Å². The molecule has 1 aromatic rings. The summed E-state index contributed by atoms with van der Waals surface area (Å²) in [5.74, 6) is 0.0464. The Morgan fingerprint density at radius 2 is 1.87 bits per heavy atom. The molecule has 0 radical (unpaired) electrons. The van der Waals surface area contributed by atoms with E-state index in [4.69, 9.17) is 0 Å². The van der Waals surface area contributed by atoms with Crippen LogP contribution in [0, 0.1) is 11.3 Å². The van der Waals surface area contributed by atoms with E-state index in [1.165, 1.54) is 12.8 Å². The van der Waals surface area contributed by atoms with Crippen LogP contribution in [0.5, 0.6) is 0 Å². The van der Waals surface area contributed by atoms with Gasteiger partial charge in [0.05, 0.1) is 0 Å². The van der Waals surface area contributed by atoms with Gasteiger partial charge in [-0.1, -0.05) is 32.0 Å². The first-order valence-electron chi connectivity index (χ1n) is 11.5. The van der Waals surface area contributed by atoms with Crippen LogP contribution in [0.25, 0.3) is 0 Å². The maximum atomic E-state index is 13.3. The highest BCUT2D eigenvalue weighted by atomic mass is 16.2. The number of nitrogens with one attached hydrogen (secondary N) is 2. The number of hydrogen-bond donors (Lipinski definition) is 2. The van der Waals surface area contributed by atoms with Crippen LogP contribution < -0.4 is 10.6 Å². The molecule has 3 saturated heterocycles. The minimum atomic E-state index is -0.556. The Hall–Kier alpha value is -2.25. The zero-order valence-corrected chi connectivity index (χ0v) is 18.4. The Bertz CT molecular complexity index is 919. The predicted octanol–water partition coefficient (Wildman–Crippen LogP) is 1.66. The Morgan fingerprint density at radius 1 is 1.10 bits per heavy atom. The van der Waals surface area contributed by atoms with Gasteiger partial charge in [-0.25, -0.2) is 0 Å². The Morgan fingerprint density at radius 3 is 2.52 bits per heavy atom. The fourth-order valence-electron chi connectivity index (χ4n) is 5.94. The van der Waals surface area contributed by atoms with Crippen molar-refractivity contribution in [2.45, 2.75) is 64.7 Å². The molecule has 2 N–H and O–H groups in total. The smallest absolute Gasteiger partial charge is 0.255 e. The van der Waals surface area contributed by atoms with E-state index in [1.807, 2.05) is 18.2 Å². The topological polar surface area (TPSA) is 81.8 Å². The maximum absolute atomic E-state index is 13.3. The molecular weight excluding hydrogens is 392 g/mol. The molecule has 3 fully saturated rings. The van der Waals surface area contributed by atoms with Gasteiger partial charge in [-0.05, 0) is 54.8 Å². The average molecular weight is 425 g/mol. The number of likely N-dealkylation sites (tertiary alicyclic amines) is 1. The van der Waals surface area contributed by atoms with E-state index in [2.05, 4.69) is 29.4 Å². The van der Waals surface area contributed by atoms with E-state index in [-0.39, 0.29) is 24.1 Å². The van der Waals surface area contributed by atoms with Crippen LogP contribution in [0.1, 0.15) is 61.0 Å². The number of amides is 3. The van der Waals surface area contributed by atoms with Crippen molar-refractivity contribution in [2.75, 3.05) is 19.6 Å². The monoisotopic (exact) mass is 424 g/mol. The first-order valence-corrected chi connectivity index (χ1v) is 11.5. The van der Waals surface area contributed by atoms with E-state index >= 15 is 0 Å². The van der Waals surface area contributed by atoms with Crippen LogP contribution in [0.3, 0.4) is 0 Å². The van der Waals surface area contributed by atoms with Gasteiger partial charge in [-0.15, -0.1) is 0 Å². The third kappa shape index (κ3) is 3.68. The fraction of sp³-hybridized carbons (Fsp3) is 0.625. The van der Waals surface area contributed by atoms with Crippen molar-refractivity contribution >= 4 is 17.7 Å². The largest absolute Gasteiger partial charge is 0.322 e. The molecule has 3 amide bonds. The van der Waals surface area contributed by atoms with E-state index < -0.39 is 6.04 Å². The van der Waals surface area contributed by atoms with Crippen LogP contribution >= 0.6 is 0 Å². The number of carbonyl (C=O) groups excluding carboxylic acids is 3. The van der Waals surface area contributed by atoms with Crippen LogP contribution in [-0.4, -0.2) is 59.2 Å². The van der Waals surface area contributed by atoms with Gasteiger partial charge in [-0.3, -0.25) is 24.6 Å². The van der Waals surface area contributed by atoms with Crippen molar-refractivity contribution in [1.29, 1.82) is 0 Å². The Balaban J connectivity index is 1.25. The molecule has 0 aliphatic carbocycles. The summed E-state index contributed by atoms with van der Waals surface area (Å²) in [5, 5.41) is 6.01. The summed E-state index contributed by atoms with van der Waals surface area (Å²) in [6.07, 6.45) is 3.06. The molecule has 1 aromatic carbocycles. The molecule has 0 bridgehead atoms. The Kier molecular flexibility index (Phi) is 5.13. The molecule has 7 nitrogen and oxygen atoms in total. The van der Waals surface area contributed by atoms with Gasteiger partial charge < -0.3 is 10.2 Å². The second kappa shape index (κ2) is 7.71. The molecular formula is C24H32N4O3.